The van der Waals surface area contributed by atoms with Gasteiger partial charge in [0.25, 0.3) is 0 Å². The molecule has 0 amide bonds. The van der Waals surface area contributed by atoms with E-state index in [2.05, 4.69) is 5.32 Å². The Bertz CT molecular complexity index is 395. The first-order valence-electron chi connectivity index (χ1n) is 6.98. The number of benzene rings is 1. The largest absolute Gasteiger partial charge is 0.395 e. The summed E-state index contributed by atoms with van der Waals surface area (Å²) < 4.78 is 26.6. The van der Waals surface area contributed by atoms with Gasteiger partial charge in [-0.1, -0.05) is 6.92 Å². The van der Waals surface area contributed by atoms with Crippen LogP contribution in [0, 0.1) is 11.6 Å². The molecule has 5 heteroatoms. The Hall–Kier alpha value is -1.04. The van der Waals surface area contributed by atoms with Gasteiger partial charge in [0.05, 0.1) is 6.61 Å². The first-order chi connectivity index (χ1) is 9.47. The maximum atomic E-state index is 13.3. The average molecular weight is 286 g/mol. The number of halogens is 2. The summed E-state index contributed by atoms with van der Waals surface area (Å²) in [7, 11) is 1.93. The van der Waals surface area contributed by atoms with E-state index in [1.807, 2.05) is 25.8 Å². The Labute approximate surface area is 119 Å². The van der Waals surface area contributed by atoms with Crippen LogP contribution < -0.4 is 5.32 Å². The van der Waals surface area contributed by atoms with Crippen molar-refractivity contribution < 1.29 is 13.9 Å². The molecule has 1 rings (SSSR count). The van der Waals surface area contributed by atoms with Crippen molar-refractivity contribution in [2.45, 2.75) is 32.4 Å². The zero-order valence-electron chi connectivity index (χ0n) is 12.4. The molecule has 0 fully saturated rings. The number of nitrogens with one attached hydrogen (secondary N) is 1. The van der Waals surface area contributed by atoms with Crippen LogP contribution in [0.2, 0.25) is 0 Å². The zero-order valence-corrected chi connectivity index (χ0v) is 12.4. The van der Waals surface area contributed by atoms with Crippen LogP contribution >= 0.6 is 0 Å². The third-order valence-corrected chi connectivity index (χ3v) is 3.52. The summed E-state index contributed by atoms with van der Waals surface area (Å²) in [5, 5.41) is 12.4. The molecule has 0 saturated heterocycles. The highest BCUT2D eigenvalue weighted by atomic mass is 19.1. The Morgan fingerprint density at radius 1 is 1.25 bits per heavy atom. The Morgan fingerprint density at radius 2 is 1.85 bits per heavy atom. The Kier molecular flexibility index (Phi) is 7.05. The molecule has 0 heterocycles. The van der Waals surface area contributed by atoms with Crippen LogP contribution in [-0.2, 0) is 0 Å². The van der Waals surface area contributed by atoms with Crippen molar-refractivity contribution in [3.63, 3.8) is 0 Å². The van der Waals surface area contributed by atoms with Crippen molar-refractivity contribution in [2.75, 3.05) is 26.7 Å². The third kappa shape index (κ3) is 5.15. The molecule has 1 aromatic rings. The van der Waals surface area contributed by atoms with Crippen molar-refractivity contribution in [3.8, 4) is 0 Å². The third-order valence-electron chi connectivity index (χ3n) is 3.52. The lowest BCUT2D eigenvalue weighted by Gasteiger charge is -2.26. The van der Waals surface area contributed by atoms with Crippen molar-refractivity contribution in [1.29, 1.82) is 0 Å². The Balaban J connectivity index is 2.73. The van der Waals surface area contributed by atoms with Crippen LogP contribution in [0.4, 0.5) is 8.78 Å². The number of likely N-dealkylation sites (N-methyl/N-ethyl adjacent to an activating group) is 1. The highest BCUT2D eigenvalue weighted by molar-refractivity contribution is 5.21. The average Bonchev–Trinajstić information content (AvgIpc) is 2.40. The fourth-order valence-corrected chi connectivity index (χ4v) is 2.10. The van der Waals surface area contributed by atoms with Gasteiger partial charge in [0.1, 0.15) is 11.6 Å². The number of nitrogens with zero attached hydrogens (tertiary/aromatic N) is 1. The summed E-state index contributed by atoms with van der Waals surface area (Å²) in [6.07, 6.45) is 0.720. The van der Waals surface area contributed by atoms with Gasteiger partial charge < -0.3 is 15.3 Å². The van der Waals surface area contributed by atoms with E-state index in [-0.39, 0.29) is 18.7 Å². The van der Waals surface area contributed by atoms with Crippen LogP contribution in [0.15, 0.2) is 18.2 Å². The number of rotatable bonds is 8. The fourth-order valence-electron chi connectivity index (χ4n) is 2.10. The topological polar surface area (TPSA) is 35.5 Å². The molecule has 3 nitrogen and oxygen atoms in total. The minimum atomic E-state index is -0.556. The molecule has 0 saturated carbocycles. The molecular formula is C15H24F2N2O. The van der Waals surface area contributed by atoms with Gasteiger partial charge in [-0.05, 0) is 44.6 Å². The quantitative estimate of drug-likeness (QED) is 0.770. The predicted molar refractivity (Wildman–Crippen MR) is 76.6 cm³/mol. The molecule has 2 atom stereocenters. The predicted octanol–water partition coefficient (Wildman–Crippen LogP) is 2.32. The van der Waals surface area contributed by atoms with Crippen molar-refractivity contribution >= 4 is 0 Å². The summed E-state index contributed by atoms with van der Waals surface area (Å²) >= 11 is 0. The first-order valence-corrected chi connectivity index (χ1v) is 6.98. The van der Waals surface area contributed by atoms with E-state index < -0.39 is 11.6 Å². The number of hydrogen-bond donors (Lipinski definition) is 2. The van der Waals surface area contributed by atoms with E-state index in [0.717, 1.165) is 25.6 Å². The van der Waals surface area contributed by atoms with Gasteiger partial charge in [-0.25, -0.2) is 8.78 Å². The monoisotopic (exact) mass is 286 g/mol. The molecule has 0 aliphatic carbocycles. The lowest BCUT2D eigenvalue weighted by molar-refractivity contribution is 0.154. The fraction of sp³-hybridized carbons (Fsp3) is 0.600. The van der Waals surface area contributed by atoms with E-state index in [1.165, 1.54) is 12.1 Å². The van der Waals surface area contributed by atoms with E-state index in [1.54, 1.807) is 0 Å². The summed E-state index contributed by atoms with van der Waals surface area (Å²) in [5.41, 5.74) is 0.620. The van der Waals surface area contributed by atoms with Crippen LogP contribution in [-0.4, -0.2) is 42.8 Å². The van der Waals surface area contributed by atoms with Gasteiger partial charge >= 0.3 is 0 Å². The second-order valence-corrected chi connectivity index (χ2v) is 5.11. The van der Waals surface area contributed by atoms with Gasteiger partial charge in [-0.2, -0.15) is 0 Å². The highest BCUT2D eigenvalue weighted by Crippen LogP contribution is 2.20. The van der Waals surface area contributed by atoms with Gasteiger partial charge in [-0.3, -0.25) is 0 Å². The highest BCUT2D eigenvalue weighted by Gasteiger charge is 2.15. The lowest BCUT2D eigenvalue weighted by Crippen LogP contribution is -2.35. The molecule has 2 N–H and O–H groups in total. The lowest BCUT2D eigenvalue weighted by atomic mass is 10.0. The molecule has 114 valence electrons. The van der Waals surface area contributed by atoms with Gasteiger partial charge in [0.15, 0.2) is 0 Å². The van der Waals surface area contributed by atoms with Crippen LogP contribution in [0.25, 0.3) is 0 Å². The van der Waals surface area contributed by atoms with Gasteiger partial charge in [0, 0.05) is 24.7 Å². The smallest absolute Gasteiger partial charge is 0.126 e. The van der Waals surface area contributed by atoms with Gasteiger partial charge in [-0.15, -0.1) is 0 Å². The maximum absolute atomic E-state index is 13.3. The van der Waals surface area contributed by atoms with E-state index in [0.29, 0.717) is 5.56 Å². The first kappa shape index (κ1) is 17.0. The molecule has 0 radical (unpaired) electrons. The molecule has 20 heavy (non-hydrogen) atoms. The second-order valence-electron chi connectivity index (χ2n) is 5.11. The van der Waals surface area contributed by atoms with Crippen molar-refractivity contribution in [1.82, 2.24) is 10.2 Å². The number of aliphatic hydroxyl groups is 1. The van der Waals surface area contributed by atoms with Crippen LogP contribution in [0.3, 0.4) is 0 Å². The van der Waals surface area contributed by atoms with E-state index in [9.17, 15) is 8.78 Å². The van der Waals surface area contributed by atoms with Crippen LogP contribution in [0.1, 0.15) is 31.9 Å². The van der Waals surface area contributed by atoms with E-state index >= 15 is 0 Å². The summed E-state index contributed by atoms with van der Waals surface area (Å²) in [4.78, 5) is 2.03. The summed E-state index contributed by atoms with van der Waals surface area (Å²) in [5.74, 6) is -1.11. The Morgan fingerprint density at radius 3 is 2.35 bits per heavy atom. The maximum Gasteiger partial charge on any atom is 0.126 e. The molecule has 0 bridgehead atoms. The van der Waals surface area contributed by atoms with Gasteiger partial charge in [0.2, 0.25) is 0 Å². The molecule has 0 aliphatic heterocycles. The van der Waals surface area contributed by atoms with Crippen LogP contribution in [0.5, 0.6) is 0 Å². The van der Waals surface area contributed by atoms with Crippen molar-refractivity contribution in [3.05, 3.63) is 35.4 Å². The summed E-state index contributed by atoms with van der Waals surface area (Å²) in [6.45, 7) is 5.45. The minimum Gasteiger partial charge on any atom is -0.395 e. The molecule has 0 spiro atoms. The number of hydrogen-bond acceptors (Lipinski definition) is 3. The minimum absolute atomic E-state index is 0.0709. The second kappa shape index (κ2) is 8.29. The van der Waals surface area contributed by atoms with E-state index in [4.69, 9.17) is 5.11 Å². The van der Waals surface area contributed by atoms with Crippen molar-refractivity contribution in [2.24, 2.45) is 0 Å². The summed E-state index contributed by atoms with van der Waals surface area (Å²) in [6, 6.07) is 3.59. The SMILES string of the molecule is CCNC(CCN(C)C(C)CO)c1cc(F)cc(F)c1. The zero-order chi connectivity index (χ0) is 15.1. The molecule has 2 unspecified atom stereocenters. The number of aliphatic hydroxyl groups excluding tert-OH is 1. The molecule has 1 aromatic carbocycles. The molecular weight excluding hydrogens is 262 g/mol. The normalized spacial score (nSPS) is 14.6. The molecule has 0 aliphatic rings. The standard InChI is InChI=1S/C15H24F2N2O/c1-4-18-15(5-6-19(3)11(2)10-20)12-7-13(16)9-14(17)8-12/h7-9,11,15,18,20H,4-6,10H2,1-3H3. The molecule has 0 aromatic heterocycles.